The molecule has 3 fully saturated rings. The molecule has 4 aliphatic rings. The summed E-state index contributed by atoms with van der Waals surface area (Å²) in [6.07, 6.45) is 12.6. The Morgan fingerprint density at radius 1 is 1.11 bits per heavy atom. The Morgan fingerprint density at radius 3 is 2.70 bits per heavy atom. The Labute approximate surface area is 164 Å². The zero-order valence-electron chi connectivity index (χ0n) is 17.4. The first-order chi connectivity index (χ1) is 12.9. The molecule has 0 amide bonds. The van der Waals surface area contributed by atoms with Crippen molar-refractivity contribution in [3.05, 3.63) is 11.6 Å². The standard InChI is InChI=1S/C24H36O3/c1-4-13-27-22(26)15-17-6-8-20-19-7-5-16-14-18(25)9-11-23(16,2)21(19)10-12-24(17,20)3/h14,17,19-21H,4-13,15H2,1-3H3/t17?,19-,20-,21+,23-,24+/m0/s1. The lowest BCUT2D eigenvalue weighted by molar-refractivity contribution is -0.146. The number of rotatable bonds is 4. The second-order valence-electron chi connectivity index (χ2n) is 10.2. The highest BCUT2D eigenvalue weighted by molar-refractivity contribution is 5.91. The molecule has 0 aromatic carbocycles. The molecular formula is C24H36O3. The highest BCUT2D eigenvalue weighted by Gasteiger charge is 2.59. The van der Waals surface area contributed by atoms with Crippen LogP contribution in [0.4, 0.5) is 0 Å². The monoisotopic (exact) mass is 372 g/mol. The first-order valence-electron chi connectivity index (χ1n) is 11.3. The average molecular weight is 373 g/mol. The van der Waals surface area contributed by atoms with E-state index in [-0.39, 0.29) is 11.4 Å². The van der Waals surface area contributed by atoms with E-state index in [0.717, 1.165) is 43.4 Å². The molecule has 4 rings (SSSR count). The van der Waals surface area contributed by atoms with Gasteiger partial charge in [-0.2, -0.15) is 0 Å². The Bertz CT molecular complexity index is 650. The van der Waals surface area contributed by atoms with Crippen molar-refractivity contribution >= 4 is 11.8 Å². The van der Waals surface area contributed by atoms with Crippen molar-refractivity contribution in [1.82, 2.24) is 0 Å². The normalized spacial score (nSPS) is 43.4. The average Bonchev–Trinajstić information content (AvgIpc) is 2.97. The van der Waals surface area contributed by atoms with E-state index in [1.165, 1.54) is 37.7 Å². The summed E-state index contributed by atoms with van der Waals surface area (Å²) in [6, 6.07) is 0. The van der Waals surface area contributed by atoms with Crippen molar-refractivity contribution in [3.63, 3.8) is 0 Å². The van der Waals surface area contributed by atoms with Gasteiger partial charge in [0.2, 0.25) is 0 Å². The van der Waals surface area contributed by atoms with E-state index in [0.29, 0.717) is 30.1 Å². The maximum absolute atomic E-state index is 12.3. The van der Waals surface area contributed by atoms with Crippen molar-refractivity contribution in [1.29, 1.82) is 0 Å². The first-order valence-corrected chi connectivity index (χ1v) is 11.3. The van der Waals surface area contributed by atoms with E-state index < -0.39 is 0 Å². The van der Waals surface area contributed by atoms with Crippen LogP contribution in [0.1, 0.15) is 85.0 Å². The Morgan fingerprint density at radius 2 is 1.93 bits per heavy atom. The third kappa shape index (κ3) is 3.09. The molecule has 0 spiro atoms. The fourth-order valence-electron chi connectivity index (χ4n) is 7.48. The molecule has 3 saturated carbocycles. The molecule has 0 N–H and O–H groups in total. The minimum absolute atomic E-state index is 0.0115. The Kier molecular flexibility index (Phi) is 5.01. The van der Waals surface area contributed by atoms with Crippen LogP contribution in [0.25, 0.3) is 0 Å². The predicted molar refractivity (Wildman–Crippen MR) is 106 cm³/mol. The van der Waals surface area contributed by atoms with Gasteiger partial charge >= 0.3 is 5.97 Å². The number of carbonyl (C=O) groups excluding carboxylic acids is 2. The van der Waals surface area contributed by atoms with Crippen LogP contribution in [0.3, 0.4) is 0 Å². The lowest BCUT2D eigenvalue weighted by Gasteiger charge is -2.58. The minimum Gasteiger partial charge on any atom is -0.466 e. The van der Waals surface area contributed by atoms with Crippen molar-refractivity contribution in [2.45, 2.75) is 85.0 Å². The third-order valence-corrected chi connectivity index (χ3v) is 9.04. The number of hydrogen-bond acceptors (Lipinski definition) is 3. The fourth-order valence-corrected chi connectivity index (χ4v) is 7.48. The molecular weight excluding hydrogens is 336 g/mol. The quantitative estimate of drug-likeness (QED) is 0.614. The maximum atomic E-state index is 12.3. The van der Waals surface area contributed by atoms with E-state index in [2.05, 4.69) is 13.8 Å². The zero-order valence-corrected chi connectivity index (χ0v) is 17.4. The summed E-state index contributed by atoms with van der Waals surface area (Å²) < 4.78 is 5.40. The molecule has 0 bridgehead atoms. The van der Waals surface area contributed by atoms with Crippen molar-refractivity contribution < 1.29 is 14.3 Å². The molecule has 0 radical (unpaired) electrons. The van der Waals surface area contributed by atoms with Crippen LogP contribution >= 0.6 is 0 Å². The van der Waals surface area contributed by atoms with Crippen LogP contribution in [0.2, 0.25) is 0 Å². The smallest absolute Gasteiger partial charge is 0.306 e. The van der Waals surface area contributed by atoms with Gasteiger partial charge in [0.15, 0.2) is 5.78 Å². The highest BCUT2D eigenvalue weighted by Crippen LogP contribution is 2.67. The number of allylic oxidation sites excluding steroid dienone is 1. The number of carbonyl (C=O) groups is 2. The summed E-state index contributed by atoms with van der Waals surface area (Å²) in [7, 11) is 0. The lowest BCUT2D eigenvalue weighted by atomic mass is 9.47. The minimum atomic E-state index is 0.0115. The molecule has 0 aromatic rings. The molecule has 3 nitrogen and oxygen atoms in total. The van der Waals surface area contributed by atoms with Gasteiger partial charge in [-0.3, -0.25) is 9.59 Å². The topological polar surface area (TPSA) is 43.4 Å². The van der Waals surface area contributed by atoms with E-state index in [4.69, 9.17) is 4.74 Å². The van der Waals surface area contributed by atoms with Crippen LogP contribution in [0, 0.1) is 34.5 Å². The van der Waals surface area contributed by atoms with Gasteiger partial charge in [-0.1, -0.05) is 26.3 Å². The van der Waals surface area contributed by atoms with E-state index >= 15 is 0 Å². The van der Waals surface area contributed by atoms with Crippen molar-refractivity contribution in [2.24, 2.45) is 34.5 Å². The fraction of sp³-hybridized carbons (Fsp3) is 0.833. The van der Waals surface area contributed by atoms with E-state index in [1.54, 1.807) is 0 Å². The molecule has 4 aliphatic carbocycles. The molecule has 150 valence electrons. The summed E-state index contributed by atoms with van der Waals surface area (Å²) >= 11 is 0. The van der Waals surface area contributed by atoms with Crippen LogP contribution in [0.15, 0.2) is 11.6 Å². The number of esters is 1. The van der Waals surface area contributed by atoms with Crippen molar-refractivity contribution in [3.8, 4) is 0 Å². The van der Waals surface area contributed by atoms with Gasteiger partial charge < -0.3 is 4.74 Å². The van der Waals surface area contributed by atoms with Gasteiger partial charge in [0.05, 0.1) is 6.61 Å². The van der Waals surface area contributed by atoms with Crippen molar-refractivity contribution in [2.75, 3.05) is 6.61 Å². The zero-order chi connectivity index (χ0) is 19.2. The second-order valence-corrected chi connectivity index (χ2v) is 10.2. The summed E-state index contributed by atoms with van der Waals surface area (Å²) in [5, 5.41) is 0. The Hall–Kier alpha value is -1.12. The van der Waals surface area contributed by atoms with Gasteiger partial charge in [0.25, 0.3) is 0 Å². The molecule has 0 saturated heterocycles. The number of fused-ring (bicyclic) bond motifs is 5. The molecule has 0 heterocycles. The molecule has 0 aromatic heterocycles. The van der Waals surface area contributed by atoms with Gasteiger partial charge in [-0.05, 0) is 91.9 Å². The summed E-state index contributed by atoms with van der Waals surface area (Å²) in [5.74, 6) is 3.09. The van der Waals surface area contributed by atoms with Crippen LogP contribution < -0.4 is 0 Å². The molecule has 1 unspecified atom stereocenters. The maximum Gasteiger partial charge on any atom is 0.306 e. The number of hydrogen-bond donors (Lipinski definition) is 0. The summed E-state index contributed by atoms with van der Waals surface area (Å²) in [4.78, 5) is 24.2. The largest absolute Gasteiger partial charge is 0.466 e. The predicted octanol–water partition coefficient (Wildman–Crippen LogP) is 5.48. The molecule has 27 heavy (non-hydrogen) atoms. The molecule has 3 heteroatoms. The molecule has 0 aliphatic heterocycles. The summed E-state index contributed by atoms with van der Waals surface area (Å²) in [6.45, 7) is 7.52. The summed E-state index contributed by atoms with van der Waals surface area (Å²) in [5.41, 5.74) is 1.99. The lowest BCUT2D eigenvalue weighted by Crippen LogP contribution is -2.50. The molecule has 6 atom stereocenters. The van der Waals surface area contributed by atoms with Crippen LogP contribution in [-0.2, 0) is 14.3 Å². The van der Waals surface area contributed by atoms with Gasteiger partial charge in [-0.25, -0.2) is 0 Å². The van der Waals surface area contributed by atoms with E-state index in [9.17, 15) is 9.59 Å². The second kappa shape index (κ2) is 7.04. The Balaban J connectivity index is 1.51. The van der Waals surface area contributed by atoms with Crippen LogP contribution in [-0.4, -0.2) is 18.4 Å². The third-order valence-electron chi connectivity index (χ3n) is 9.04. The SMILES string of the molecule is CCCOC(=O)CC1CC[C@H]2[C@@H]3CCC4=CC(=O)CC[C@]4(C)[C@@H]3CC[C@]12C. The van der Waals surface area contributed by atoms with Gasteiger partial charge in [0.1, 0.15) is 0 Å². The van der Waals surface area contributed by atoms with Gasteiger partial charge in [0, 0.05) is 12.8 Å². The van der Waals surface area contributed by atoms with Gasteiger partial charge in [-0.15, -0.1) is 0 Å². The number of ether oxygens (including phenoxy) is 1. The first kappa shape index (κ1) is 19.2. The van der Waals surface area contributed by atoms with Crippen LogP contribution in [0.5, 0.6) is 0 Å². The highest BCUT2D eigenvalue weighted by atomic mass is 16.5. The van der Waals surface area contributed by atoms with E-state index in [1.807, 2.05) is 13.0 Å². The number of ketones is 1.